The Balaban J connectivity index is 1.98. The predicted octanol–water partition coefficient (Wildman–Crippen LogP) is 0.770. The van der Waals surface area contributed by atoms with Gasteiger partial charge in [-0.3, -0.25) is 0 Å². The zero-order chi connectivity index (χ0) is 11.9. The molecule has 0 atom stereocenters. The zero-order valence-electron chi connectivity index (χ0n) is 9.32. The number of carbonyl (C=O) groups is 2. The first-order valence-electron chi connectivity index (χ1n) is 5.80. The standard InChI is InChI=1S/C12H13NO4/c14-10-5-6-11(15)17-12(16-10)9-4-2-1-3-8(9)7-13-12/h5-6,13H,1-4,7H2. The van der Waals surface area contributed by atoms with Crippen LogP contribution in [0.15, 0.2) is 23.3 Å². The van der Waals surface area contributed by atoms with E-state index in [4.69, 9.17) is 9.47 Å². The van der Waals surface area contributed by atoms with Crippen LogP contribution in [0.1, 0.15) is 25.7 Å². The Morgan fingerprint density at radius 3 is 2.41 bits per heavy atom. The van der Waals surface area contributed by atoms with Gasteiger partial charge in [-0.1, -0.05) is 0 Å². The van der Waals surface area contributed by atoms with Gasteiger partial charge in [0, 0.05) is 24.3 Å². The number of ether oxygens (including phenoxy) is 2. The van der Waals surface area contributed by atoms with E-state index in [0.717, 1.165) is 43.4 Å². The second kappa shape index (κ2) is 3.70. The number of hydrogen-bond donors (Lipinski definition) is 1. The van der Waals surface area contributed by atoms with Crippen LogP contribution in [0.4, 0.5) is 0 Å². The van der Waals surface area contributed by atoms with Gasteiger partial charge in [0.2, 0.25) is 0 Å². The molecule has 90 valence electrons. The summed E-state index contributed by atoms with van der Waals surface area (Å²) in [4.78, 5) is 22.9. The normalized spacial score (nSPS) is 26.6. The van der Waals surface area contributed by atoms with Crippen molar-refractivity contribution in [1.29, 1.82) is 0 Å². The highest BCUT2D eigenvalue weighted by Gasteiger charge is 2.48. The largest absolute Gasteiger partial charge is 0.401 e. The third-order valence-electron chi connectivity index (χ3n) is 3.36. The third kappa shape index (κ3) is 1.67. The number of esters is 2. The quantitative estimate of drug-likeness (QED) is 0.496. The Hall–Kier alpha value is -1.62. The van der Waals surface area contributed by atoms with Gasteiger partial charge in [0.25, 0.3) is 0 Å². The molecule has 0 saturated carbocycles. The van der Waals surface area contributed by atoms with Crippen LogP contribution in [0.2, 0.25) is 0 Å². The van der Waals surface area contributed by atoms with Crippen molar-refractivity contribution in [2.24, 2.45) is 0 Å². The summed E-state index contributed by atoms with van der Waals surface area (Å²) in [5.74, 6) is -2.45. The number of carbonyl (C=O) groups excluding carboxylic acids is 2. The fourth-order valence-corrected chi connectivity index (χ4v) is 2.59. The average Bonchev–Trinajstić information content (AvgIpc) is 2.58. The van der Waals surface area contributed by atoms with Gasteiger partial charge < -0.3 is 9.47 Å². The molecule has 1 aliphatic carbocycles. The Morgan fingerprint density at radius 1 is 1.06 bits per heavy atom. The van der Waals surface area contributed by atoms with Gasteiger partial charge >= 0.3 is 17.8 Å². The highest BCUT2D eigenvalue weighted by molar-refractivity contribution is 5.93. The zero-order valence-corrected chi connectivity index (χ0v) is 9.32. The van der Waals surface area contributed by atoms with Crippen LogP contribution < -0.4 is 5.32 Å². The molecule has 0 bridgehead atoms. The summed E-state index contributed by atoms with van der Waals surface area (Å²) in [6.45, 7) is 0.621. The van der Waals surface area contributed by atoms with E-state index < -0.39 is 17.8 Å². The monoisotopic (exact) mass is 235 g/mol. The summed E-state index contributed by atoms with van der Waals surface area (Å²) < 4.78 is 10.5. The first kappa shape index (κ1) is 10.5. The number of hydrogen-bond acceptors (Lipinski definition) is 5. The van der Waals surface area contributed by atoms with E-state index in [1.54, 1.807) is 0 Å². The van der Waals surface area contributed by atoms with Crippen molar-refractivity contribution in [3.05, 3.63) is 23.3 Å². The summed E-state index contributed by atoms with van der Waals surface area (Å²) in [5, 5.41) is 3.01. The molecule has 3 aliphatic rings. The molecule has 0 fully saturated rings. The van der Waals surface area contributed by atoms with E-state index in [1.165, 1.54) is 5.57 Å². The van der Waals surface area contributed by atoms with Crippen molar-refractivity contribution in [2.75, 3.05) is 6.54 Å². The van der Waals surface area contributed by atoms with Crippen molar-refractivity contribution >= 4 is 11.9 Å². The molecule has 2 heterocycles. The fourth-order valence-electron chi connectivity index (χ4n) is 2.59. The molecular weight excluding hydrogens is 222 g/mol. The minimum atomic E-state index is -1.34. The molecule has 1 spiro atoms. The predicted molar refractivity (Wildman–Crippen MR) is 57.6 cm³/mol. The van der Waals surface area contributed by atoms with Crippen LogP contribution in [0.3, 0.4) is 0 Å². The van der Waals surface area contributed by atoms with E-state index in [1.807, 2.05) is 0 Å². The lowest BCUT2D eigenvalue weighted by Crippen LogP contribution is -2.49. The highest BCUT2D eigenvalue weighted by atomic mass is 16.8. The van der Waals surface area contributed by atoms with Crippen molar-refractivity contribution in [1.82, 2.24) is 5.32 Å². The van der Waals surface area contributed by atoms with Gasteiger partial charge in [0.1, 0.15) is 0 Å². The Labute approximate surface area is 98.5 Å². The maximum atomic E-state index is 11.5. The van der Waals surface area contributed by atoms with Crippen LogP contribution in [0, 0.1) is 0 Å². The van der Waals surface area contributed by atoms with Crippen LogP contribution >= 0.6 is 0 Å². The molecule has 5 heteroatoms. The fraction of sp³-hybridized carbons (Fsp3) is 0.500. The van der Waals surface area contributed by atoms with Crippen molar-refractivity contribution in [3.8, 4) is 0 Å². The van der Waals surface area contributed by atoms with E-state index in [2.05, 4.69) is 5.32 Å². The van der Waals surface area contributed by atoms with Crippen molar-refractivity contribution in [2.45, 2.75) is 31.6 Å². The van der Waals surface area contributed by atoms with Crippen molar-refractivity contribution in [3.63, 3.8) is 0 Å². The second-order valence-corrected chi connectivity index (χ2v) is 4.43. The second-order valence-electron chi connectivity index (χ2n) is 4.43. The van der Waals surface area contributed by atoms with E-state index in [0.29, 0.717) is 6.54 Å². The molecule has 2 aliphatic heterocycles. The minimum absolute atomic E-state index is 0.553. The smallest absolute Gasteiger partial charge is 0.343 e. The molecule has 0 saturated heterocycles. The molecule has 1 N–H and O–H groups in total. The molecule has 0 aromatic rings. The Morgan fingerprint density at radius 2 is 1.71 bits per heavy atom. The molecule has 5 nitrogen and oxygen atoms in total. The van der Waals surface area contributed by atoms with Gasteiger partial charge in [-0.2, -0.15) is 0 Å². The van der Waals surface area contributed by atoms with E-state index in [9.17, 15) is 9.59 Å². The molecule has 17 heavy (non-hydrogen) atoms. The lowest BCUT2D eigenvalue weighted by atomic mass is 9.92. The third-order valence-corrected chi connectivity index (χ3v) is 3.36. The van der Waals surface area contributed by atoms with Crippen LogP contribution in [0.25, 0.3) is 0 Å². The van der Waals surface area contributed by atoms with E-state index >= 15 is 0 Å². The Kier molecular flexibility index (Phi) is 2.29. The summed E-state index contributed by atoms with van der Waals surface area (Å²) in [7, 11) is 0. The van der Waals surface area contributed by atoms with E-state index in [-0.39, 0.29) is 0 Å². The summed E-state index contributed by atoms with van der Waals surface area (Å²) >= 11 is 0. The summed E-state index contributed by atoms with van der Waals surface area (Å²) in [6.07, 6.45) is 6.15. The molecule has 0 amide bonds. The molecule has 0 aromatic heterocycles. The van der Waals surface area contributed by atoms with Crippen molar-refractivity contribution < 1.29 is 19.1 Å². The molecule has 0 radical (unpaired) electrons. The number of nitrogens with one attached hydrogen (secondary N) is 1. The van der Waals surface area contributed by atoms with Crippen LogP contribution in [-0.2, 0) is 19.1 Å². The number of fused-ring (bicyclic) bond motifs is 1. The van der Waals surface area contributed by atoms with Crippen LogP contribution in [0.5, 0.6) is 0 Å². The lowest BCUT2D eigenvalue weighted by Gasteiger charge is -2.30. The molecule has 0 aromatic carbocycles. The van der Waals surface area contributed by atoms with Crippen LogP contribution in [-0.4, -0.2) is 24.4 Å². The first-order valence-corrected chi connectivity index (χ1v) is 5.80. The minimum Gasteiger partial charge on any atom is -0.401 e. The molecule has 3 rings (SSSR count). The van der Waals surface area contributed by atoms with Gasteiger partial charge in [-0.25, -0.2) is 14.9 Å². The van der Waals surface area contributed by atoms with Gasteiger partial charge in [0.15, 0.2) is 0 Å². The summed E-state index contributed by atoms with van der Waals surface area (Å²) in [6, 6.07) is 0. The van der Waals surface area contributed by atoms with Gasteiger partial charge in [-0.15, -0.1) is 0 Å². The average molecular weight is 235 g/mol. The van der Waals surface area contributed by atoms with Gasteiger partial charge in [-0.05, 0) is 31.3 Å². The molecular formula is C12H13NO4. The SMILES string of the molecule is O=C1C=CC(=O)OC2(NCC3=C2CCCC3)O1. The lowest BCUT2D eigenvalue weighted by molar-refractivity contribution is -0.214. The number of rotatable bonds is 0. The first-order chi connectivity index (χ1) is 8.20. The summed E-state index contributed by atoms with van der Waals surface area (Å²) in [5.41, 5.74) is 2.13. The van der Waals surface area contributed by atoms with Gasteiger partial charge in [0.05, 0.1) is 0 Å². The maximum absolute atomic E-state index is 11.5. The maximum Gasteiger partial charge on any atom is 0.343 e. The Bertz CT molecular complexity index is 429. The molecule has 0 unspecified atom stereocenters. The topological polar surface area (TPSA) is 64.6 Å². The highest BCUT2D eigenvalue weighted by Crippen LogP contribution is 2.39.